The van der Waals surface area contributed by atoms with Crippen molar-refractivity contribution in [1.29, 1.82) is 0 Å². The van der Waals surface area contributed by atoms with Crippen molar-refractivity contribution in [1.82, 2.24) is 24.6 Å². The van der Waals surface area contributed by atoms with Crippen LogP contribution < -0.4 is 0 Å². The Balaban J connectivity index is 1.32. The molecule has 6 nitrogen and oxygen atoms in total. The minimum Gasteiger partial charge on any atom is -0.343 e. The summed E-state index contributed by atoms with van der Waals surface area (Å²) >= 11 is 0. The van der Waals surface area contributed by atoms with E-state index in [9.17, 15) is 4.79 Å². The van der Waals surface area contributed by atoms with Crippen LogP contribution in [-0.2, 0) is 18.3 Å². The number of rotatable bonds is 4. The minimum atomic E-state index is 0.243. The number of imidazole rings is 1. The van der Waals surface area contributed by atoms with Crippen LogP contribution in [0.2, 0.25) is 0 Å². The predicted molar refractivity (Wildman–Crippen MR) is 96.2 cm³/mol. The molecule has 130 valence electrons. The number of likely N-dealkylation sites (tertiary alicyclic amines) is 1. The highest BCUT2D eigenvalue weighted by Gasteiger charge is 2.25. The molecule has 3 aromatic rings. The summed E-state index contributed by atoms with van der Waals surface area (Å²) in [6, 6.07) is 8.12. The molecule has 0 radical (unpaired) electrons. The van der Waals surface area contributed by atoms with E-state index in [2.05, 4.69) is 16.1 Å². The zero-order chi connectivity index (χ0) is 17.2. The number of hydrogen-bond donors (Lipinski definition) is 1. The van der Waals surface area contributed by atoms with Crippen molar-refractivity contribution in [2.75, 3.05) is 13.1 Å². The van der Waals surface area contributed by atoms with Gasteiger partial charge in [-0.3, -0.25) is 9.48 Å². The number of amides is 1. The summed E-state index contributed by atoms with van der Waals surface area (Å²) in [6.45, 7) is 1.63. The first-order chi connectivity index (χ1) is 12.2. The van der Waals surface area contributed by atoms with Crippen LogP contribution in [0.3, 0.4) is 0 Å². The van der Waals surface area contributed by atoms with Gasteiger partial charge in [0.15, 0.2) is 0 Å². The van der Waals surface area contributed by atoms with Crippen LogP contribution in [-0.4, -0.2) is 43.6 Å². The molecule has 25 heavy (non-hydrogen) atoms. The zero-order valence-corrected chi connectivity index (χ0v) is 14.5. The SMILES string of the molecule is Cn1cc(CCC(=O)N2CCC(c3nc4ccccc4[nH]3)CC2)cn1. The Bertz CT molecular complexity index is 840. The smallest absolute Gasteiger partial charge is 0.222 e. The van der Waals surface area contributed by atoms with Crippen LogP contribution in [0.25, 0.3) is 11.0 Å². The summed E-state index contributed by atoms with van der Waals surface area (Å²) in [5, 5.41) is 4.15. The lowest BCUT2D eigenvalue weighted by molar-refractivity contribution is -0.132. The monoisotopic (exact) mass is 337 g/mol. The number of aromatic nitrogens is 4. The molecule has 1 aliphatic rings. The van der Waals surface area contributed by atoms with E-state index in [1.54, 1.807) is 4.68 Å². The Morgan fingerprint density at radius 3 is 2.80 bits per heavy atom. The van der Waals surface area contributed by atoms with E-state index in [4.69, 9.17) is 4.98 Å². The fourth-order valence-electron chi connectivity index (χ4n) is 3.58. The Kier molecular flexibility index (Phi) is 4.26. The molecule has 4 rings (SSSR count). The summed E-state index contributed by atoms with van der Waals surface area (Å²) in [6.07, 6.45) is 7.07. The summed E-state index contributed by atoms with van der Waals surface area (Å²) in [7, 11) is 1.90. The number of hydrogen-bond acceptors (Lipinski definition) is 3. The van der Waals surface area contributed by atoms with Gasteiger partial charge in [-0.25, -0.2) is 4.98 Å². The summed E-state index contributed by atoms with van der Waals surface area (Å²) < 4.78 is 1.78. The average Bonchev–Trinajstić information content (AvgIpc) is 3.25. The molecule has 0 spiro atoms. The first-order valence-corrected chi connectivity index (χ1v) is 8.89. The van der Waals surface area contributed by atoms with Gasteiger partial charge in [-0.15, -0.1) is 0 Å². The van der Waals surface area contributed by atoms with Crippen LogP contribution in [0.15, 0.2) is 36.7 Å². The third-order valence-corrected chi connectivity index (χ3v) is 5.03. The Labute approximate surface area is 146 Å². The van der Waals surface area contributed by atoms with Gasteiger partial charge in [0.25, 0.3) is 0 Å². The normalized spacial score (nSPS) is 15.8. The Hall–Kier alpha value is -2.63. The van der Waals surface area contributed by atoms with E-state index in [-0.39, 0.29) is 5.91 Å². The van der Waals surface area contributed by atoms with Crippen molar-refractivity contribution in [2.24, 2.45) is 7.05 Å². The van der Waals surface area contributed by atoms with Gasteiger partial charge in [0.1, 0.15) is 5.82 Å². The summed E-state index contributed by atoms with van der Waals surface area (Å²) in [5.41, 5.74) is 3.23. The number of carbonyl (C=O) groups is 1. The molecule has 0 bridgehead atoms. The molecule has 0 aliphatic carbocycles. The summed E-state index contributed by atoms with van der Waals surface area (Å²) in [5.74, 6) is 1.71. The number of fused-ring (bicyclic) bond motifs is 1. The first kappa shape index (κ1) is 15.9. The highest BCUT2D eigenvalue weighted by Crippen LogP contribution is 2.28. The molecule has 1 N–H and O–H groups in total. The molecule has 3 heterocycles. The second-order valence-electron chi connectivity index (χ2n) is 6.82. The van der Waals surface area contributed by atoms with Gasteiger partial charge in [-0.2, -0.15) is 5.10 Å². The number of aromatic amines is 1. The molecule has 1 aromatic carbocycles. The number of aryl methyl sites for hydroxylation is 2. The molecule has 6 heteroatoms. The first-order valence-electron chi connectivity index (χ1n) is 8.89. The topological polar surface area (TPSA) is 66.8 Å². The van der Waals surface area contributed by atoms with E-state index in [1.807, 2.05) is 42.5 Å². The molecule has 0 atom stereocenters. The van der Waals surface area contributed by atoms with E-state index >= 15 is 0 Å². The number of nitrogens with one attached hydrogen (secondary N) is 1. The average molecular weight is 337 g/mol. The fraction of sp³-hybridized carbons (Fsp3) is 0.421. The lowest BCUT2D eigenvalue weighted by atomic mass is 9.96. The minimum absolute atomic E-state index is 0.243. The maximum Gasteiger partial charge on any atom is 0.222 e. The number of H-pyrrole nitrogens is 1. The molecule has 1 saturated heterocycles. The van der Waals surface area contributed by atoms with Crippen LogP contribution >= 0.6 is 0 Å². The van der Waals surface area contributed by atoms with E-state index in [1.165, 1.54) is 0 Å². The van der Waals surface area contributed by atoms with Gasteiger partial charge < -0.3 is 9.88 Å². The predicted octanol–water partition coefficient (Wildman–Crippen LogP) is 2.64. The Morgan fingerprint density at radius 1 is 1.28 bits per heavy atom. The lowest BCUT2D eigenvalue weighted by Crippen LogP contribution is -2.38. The number of piperidine rings is 1. The van der Waals surface area contributed by atoms with Gasteiger partial charge in [0, 0.05) is 38.7 Å². The van der Waals surface area contributed by atoms with E-state index in [0.29, 0.717) is 12.3 Å². The standard InChI is InChI=1S/C19H23N5O/c1-23-13-14(12-20-23)6-7-18(25)24-10-8-15(9-11-24)19-21-16-4-2-3-5-17(16)22-19/h2-5,12-13,15H,6-11H2,1H3,(H,21,22). The molecule has 1 amide bonds. The third-order valence-electron chi connectivity index (χ3n) is 5.03. The maximum absolute atomic E-state index is 12.4. The van der Waals surface area contributed by atoms with Gasteiger partial charge in [-0.05, 0) is 37.0 Å². The van der Waals surface area contributed by atoms with Crippen LogP contribution in [0.1, 0.15) is 36.6 Å². The highest BCUT2D eigenvalue weighted by atomic mass is 16.2. The third kappa shape index (κ3) is 3.43. The number of nitrogens with zero attached hydrogens (tertiary/aromatic N) is 4. The molecule has 0 saturated carbocycles. The number of para-hydroxylation sites is 2. The zero-order valence-electron chi connectivity index (χ0n) is 14.5. The molecule has 1 fully saturated rings. The largest absolute Gasteiger partial charge is 0.343 e. The second-order valence-corrected chi connectivity index (χ2v) is 6.82. The number of benzene rings is 1. The van der Waals surface area contributed by atoms with Crippen molar-refractivity contribution in [2.45, 2.75) is 31.6 Å². The molecule has 1 aliphatic heterocycles. The van der Waals surface area contributed by atoms with Crippen LogP contribution in [0.5, 0.6) is 0 Å². The quantitative estimate of drug-likeness (QED) is 0.796. The van der Waals surface area contributed by atoms with Crippen molar-refractivity contribution in [3.8, 4) is 0 Å². The van der Waals surface area contributed by atoms with Crippen LogP contribution in [0, 0.1) is 0 Å². The fourth-order valence-corrected chi connectivity index (χ4v) is 3.58. The van der Waals surface area contributed by atoms with Gasteiger partial charge in [-0.1, -0.05) is 12.1 Å². The van der Waals surface area contributed by atoms with Gasteiger partial charge in [0.2, 0.25) is 5.91 Å². The van der Waals surface area contributed by atoms with Crippen molar-refractivity contribution >= 4 is 16.9 Å². The molecule has 0 unspecified atom stereocenters. The summed E-state index contributed by atoms with van der Waals surface area (Å²) in [4.78, 5) is 22.6. The van der Waals surface area contributed by atoms with E-state index < -0.39 is 0 Å². The highest BCUT2D eigenvalue weighted by molar-refractivity contribution is 5.77. The second kappa shape index (κ2) is 6.70. The molecule has 2 aromatic heterocycles. The van der Waals surface area contributed by atoms with Crippen molar-refractivity contribution in [3.63, 3.8) is 0 Å². The lowest BCUT2D eigenvalue weighted by Gasteiger charge is -2.31. The molecular weight excluding hydrogens is 314 g/mol. The Morgan fingerprint density at radius 2 is 2.08 bits per heavy atom. The van der Waals surface area contributed by atoms with Gasteiger partial charge in [0.05, 0.1) is 17.2 Å². The van der Waals surface area contributed by atoms with E-state index in [0.717, 1.165) is 54.8 Å². The molecular formula is C19H23N5O. The van der Waals surface area contributed by atoms with Crippen molar-refractivity contribution in [3.05, 3.63) is 48.0 Å². The number of carbonyl (C=O) groups excluding carboxylic acids is 1. The van der Waals surface area contributed by atoms with Crippen molar-refractivity contribution < 1.29 is 4.79 Å². The van der Waals surface area contributed by atoms with Gasteiger partial charge >= 0.3 is 0 Å². The van der Waals surface area contributed by atoms with Crippen LogP contribution in [0.4, 0.5) is 0 Å². The maximum atomic E-state index is 12.4.